The molecule has 98 valence electrons. The molecule has 1 aliphatic heterocycles. The van der Waals surface area contributed by atoms with Crippen molar-refractivity contribution in [2.45, 2.75) is 25.5 Å². The van der Waals surface area contributed by atoms with Gasteiger partial charge in [0.1, 0.15) is 11.5 Å². The van der Waals surface area contributed by atoms with Crippen LogP contribution in [0.5, 0.6) is 11.5 Å². The highest BCUT2D eigenvalue weighted by molar-refractivity contribution is 5.97. The third kappa shape index (κ3) is 2.56. The molecular weight excluding hydrogens is 234 g/mol. The van der Waals surface area contributed by atoms with E-state index in [1.807, 2.05) is 6.92 Å². The molecule has 1 aromatic rings. The van der Waals surface area contributed by atoms with Crippen molar-refractivity contribution in [3.8, 4) is 11.5 Å². The average molecular weight is 251 g/mol. The fourth-order valence-electron chi connectivity index (χ4n) is 1.99. The van der Waals surface area contributed by atoms with E-state index in [-0.39, 0.29) is 29.4 Å². The lowest BCUT2D eigenvalue weighted by atomic mass is 10.1. The van der Waals surface area contributed by atoms with Gasteiger partial charge < -0.3 is 19.9 Å². The van der Waals surface area contributed by atoms with Crippen molar-refractivity contribution in [3.63, 3.8) is 0 Å². The highest BCUT2D eigenvalue weighted by Gasteiger charge is 2.26. The van der Waals surface area contributed by atoms with Gasteiger partial charge in [0.15, 0.2) is 0 Å². The molecule has 18 heavy (non-hydrogen) atoms. The van der Waals surface area contributed by atoms with Gasteiger partial charge in [-0.3, -0.25) is 4.79 Å². The number of carbonyl (C=O) groups is 1. The summed E-state index contributed by atoms with van der Waals surface area (Å²) in [6, 6.07) is 4.56. The predicted molar refractivity (Wildman–Crippen MR) is 65.9 cm³/mol. The molecule has 0 aliphatic carbocycles. The van der Waals surface area contributed by atoms with Crippen LogP contribution >= 0.6 is 0 Å². The van der Waals surface area contributed by atoms with Crippen LogP contribution in [0.4, 0.5) is 0 Å². The van der Waals surface area contributed by atoms with Crippen LogP contribution in [-0.4, -0.2) is 36.9 Å². The zero-order valence-corrected chi connectivity index (χ0v) is 10.5. The normalized spacial score (nSPS) is 22.8. The number of aromatic hydroxyl groups is 1. The Kier molecular flexibility index (Phi) is 3.72. The van der Waals surface area contributed by atoms with Crippen molar-refractivity contribution < 1.29 is 19.4 Å². The topological polar surface area (TPSA) is 67.8 Å². The summed E-state index contributed by atoms with van der Waals surface area (Å²) in [6.07, 6.45) is 0.791. The number of methoxy groups -OCH3 is 1. The maximum atomic E-state index is 12.1. The number of phenols is 1. The van der Waals surface area contributed by atoms with Gasteiger partial charge in [-0.1, -0.05) is 0 Å². The average Bonchev–Trinajstić information content (AvgIpc) is 2.75. The van der Waals surface area contributed by atoms with Crippen LogP contribution in [0.15, 0.2) is 18.2 Å². The summed E-state index contributed by atoms with van der Waals surface area (Å²) in [5.74, 6) is 0.169. The van der Waals surface area contributed by atoms with E-state index >= 15 is 0 Å². The summed E-state index contributed by atoms with van der Waals surface area (Å²) < 4.78 is 10.4. The third-order valence-electron chi connectivity index (χ3n) is 3.14. The Morgan fingerprint density at radius 1 is 1.56 bits per heavy atom. The molecule has 0 aromatic heterocycles. The molecule has 1 aliphatic rings. The first-order valence-corrected chi connectivity index (χ1v) is 5.91. The van der Waals surface area contributed by atoms with Gasteiger partial charge in [-0.15, -0.1) is 0 Å². The second kappa shape index (κ2) is 5.27. The number of ether oxygens (including phenoxy) is 2. The van der Waals surface area contributed by atoms with Crippen molar-refractivity contribution >= 4 is 5.91 Å². The van der Waals surface area contributed by atoms with Crippen molar-refractivity contribution in [2.24, 2.45) is 0 Å². The lowest BCUT2D eigenvalue weighted by Gasteiger charge is -2.16. The molecule has 5 nitrogen and oxygen atoms in total. The van der Waals surface area contributed by atoms with Gasteiger partial charge in [0, 0.05) is 6.61 Å². The zero-order chi connectivity index (χ0) is 13.1. The lowest BCUT2D eigenvalue weighted by molar-refractivity contribution is 0.0863. The van der Waals surface area contributed by atoms with Gasteiger partial charge in [0.25, 0.3) is 5.91 Å². The number of rotatable bonds is 3. The predicted octanol–water partition coefficient (Wildman–Crippen LogP) is 1.31. The van der Waals surface area contributed by atoms with E-state index < -0.39 is 0 Å². The van der Waals surface area contributed by atoms with E-state index in [9.17, 15) is 9.90 Å². The van der Waals surface area contributed by atoms with E-state index in [1.54, 1.807) is 6.07 Å². The quantitative estimate of drug-likeness (QED) is 0.850. The smallest absolute Gasteiger partial charge is 0.255 e. The Bertz CT molecular complexity index is 447. The van der Waals surface area contributed by atoms with Gasteiger partial charge in [0.2, 0.25) is 0 Å². The second-order valence-corrected chi connectivity index (χ2v) is 4.33. The maximum absolute atomic E-state index is 12.1. The fraction of sp³-hybridized carbons (Fsp3) is 0.462. The maximum Gasteiger partial charge on any atom is 0.255 e. The molecule has 1 fully saturated rings. The Labute approximate surface area is 106 Å². The van der Waals surface area contributed by atoms with Crippen LogP contribution in [0.2, 0.25) is 0 Å². The Morgan fingerprint density at radius 2 is 2.33 bits per heavy atom. The highest BCUT2D eigenvalue weighted by Crippen LogP contribution is 2.23. The largest absolute Gasteiger partial charge is 0.507 e. The van der Waals surface area contributed by atoms with E-state index in [4.69, 9.17) is 9.47 Å². The van der Waals surface area contributed by atoms with Gasteiger partial charge in [0.05, 0.1) is 24.8 Å². The minimum atomic E-state index is -0.311. The molecule has 0 spiro atoms. The molecule has 1 saturated heterocycles. The Balaban J connectivity index is 2.12. The van der Waals surface area contributed by atoms with Gasteiger partial charge >= 0.3 is 0 Å². The summed E-state index contributed by atoms with van der Waals surface area (Å²) in [7, 11) is 1.51. The first-order chi connectivity index (χ1) is 8.61. The molecule has 1 amide bonds. The van der Waals surface area contributed by atoms with Crippen molar-refractivity contribution in [3.05, 3.63) is 23.8 Å². The Hall–Kier alpha value is -1.75. The molecule has 1 heterocycles. The van der Waals surface area contributed by atoms with Gasteiger partial charge in [-0.25, -0.2) is 0 Å². The van der Waals surface area contributed by atoms with Crippen LogP contribution in [0, 0.1) is 0 Å². The molecule has 0 bridgehead atoms. The SMILES string of the molecule is COc1ccc(O)c(C(=O)NC2CCOC2C)c1. The molecule has 0 saturated carbocycles. The van der Waals surface area contributed by atoms with Crippen LogP contribution in [-0.2, 0) is 4.74 Å². The number of hydrogen-bond donors (Lipinski definition) is 2. The lowest BCUT2D eigenvalue weighted by Crippen LogP contribution is -2.39. The number of amides is 1. The minimum Gasteiger partial charge on any atom is -0.507 e. The van der Waals surface area contributed by atoms with E-state index in [1.165, 1.54) is 19.2 Å². The zero-order valence-electron chi connectivity index (χ0n) is 10.5. The van der Waals surface area contributed by atoms with E-state index in [0.29, 0.717) is 12.4 Å². The number of benzene rings is 1. The molecule has 2 unspecified atom stereocenters. The van der Waals surface area contributed by atoms with Crippen LogP contribution < -0.4 is 10.1 Å². The summed E-state index contributed by atoms with van der Waals surface area (Å²) >= 11 is 0. The van der Waals surface area contributed by atoms with Gasteiger partial charge in [-0.05, 0) is 31.5 Å². The monoisotopic (exact) mass is 251 g/mol. The summed E-state index contributed by atoms with van der Waals surface area (Å²) in [5.41, 5.74) is 0.216. The number of carbonyl (C=O) groups excluding carboxylic acids is 1. The molecule has 2 N–H and O–H groups in total. The van der Waals surface area contributed by atoms with Crippen LogP contribution in [0.1, 0.15) is 23.7 Å². The third-order valence-corrected chi connectivity index (χ3v) is 3.14. The number of phenolic OH excluding ortho intramolecular Hbond substituents is 1. The van der Waals surface area contributed by atoms with Crippen LogP contribution in [0.25, 0.3) is 0 Å². The van der Waals surface area contributed by atoms with E-state index in [2.05, 4.69) is 5.32 Å². The molecule has 0 radical (unpaired) electrons. The molecule has 5 heteroatoms. The summed E-state index contributed by atoms with van der Waals surface area (Å²) in [4.78, 5) is 12.1. The van der Waals surface area contributed by atoms with E-state index in [0.717, 1.165) is 6.42 Å². The van der Waals surface area contributed by atoms with Crippen molar-refractivity contribution in [1.82, 2.24) is 5.32 Å². The molecular formula is C13H17NO4. The molecule has 2 atom stereocenters. The minimum absolute atomic E-state index is 0.00157. The number of nitrogens with one attached hydrogen (secondary N) is 1. The van der Waals surface area contributed by atoms with Crippen molar-refractivity contribution in [2.75, 3.05) is 13.7 Å². The Morgan fingerprint density at radius 3 is 2.94 bits per heavy atom. The first kappa shape index (κ1) is 12.7. The van der Waals surface area contributed by atoms with Crippen molar-refractivity contribution in [1.29, 1.82) is 0 Å². The first-order valence-electron chi connectivity index (χ1n) is 5.91. The van der Waals surface area contributed by atoms with Gasteiger partial charge in [-0.2, -0.15) is 0 Å². The standard InChI is InChI=1S/C13H17NO4/c1-8-11(5-6-18-8)14-13(16)10-7-9(17-2)3-4-12(10)15/h3-4,7-8,11,15H,5-6H2,1-2H3,(H,14,16). The second-order valence-electron chi connectivity index (χ2n) is 4.33. The highest BCUT2D eigenvalue weighted by atomic mass is 16.5. The fourth-order valence-corrected chi connectivity index (χ4v) is 1.99. The summed E-state index contributed by atoms with van der Waals surface area (Å²) in [6.45, 7) is 2.57. The van der Waals surface area contributed by atoms with Crippen LogP contribution in [0.3, 0.4) is 0 Å². The summed E-state index contributed by atoms with van der Waals surface area (Å²) in [5, 5.41) is 12.6. The molecule has 2 rings (SSSR count). The number of hydrogen-bond acceptors (Lipinski definition) is 4. The molecule has 1 aromatic carbocycles.